The Morgan fingerprint density at radius 2 is 1.95 bits per heavy atom. The van der Waals surface area contributed by atoms with Gasteiger partial charge in [-0.05, 0) is 50.6 Å². The molecule has 1 aromatic heterocycles. The summed E-state index contributed by atoms with van der Waals surface area (Å²) in [6.45, 7) is 8.34. The largest absolute Gasteiger partial charge is 0.458 e. The van der Waals surface area contributed by atoms with Gasteiger partial charge in [0.2, 0.25) is 5.91 Å². The van der Waals surface area contributed by atoms with Gasteiger partial charge in [-0.25, -0.2) is 14.6 Å². The number of thioether (sulfide) groups is 1. The molecule has 0 unspecified atom stereocenters. The zero-order chi connectivity index (χ0) is 28.0. The summed E-state index contributed by atoms with van der Waals surface area (Å²) in [7, 11) is 0. The van der Waals surface area contributed by atoms with Crippen LogP contribution in [-0.4, -0.2) is 83.3 Å². The first kappa shape index (κ1) is 29.0. The highest BCUT2D eigenvalue weighted by Crippen LogP contribution is 2.27. The Morgan fingerprint density at radius 1 is 1.18 bits per heavy atom. The number of halogens is 1. The zero-order valence-corrected chi connectivity index (χ0v) is 23.9. The number of pyridine rings is 1. The van der Waals surface area contributed by atoms with Gasteiger partial charge < -0.3 is 24.6 Å². The second-order valence-corrected chi connectivity index (χ2v) is 11.9. The number of carbonyl (C=O) groups excluding carboxylic acids is 3. The van der Waals surface area contributed by atoms with Gasteiger partial charge in [0.05, 0.1) is 5.02 Å². The van der Waals surface area contributed by atoms with E-state index in [2.05, 4.69) is 20.5 Å². The van der Waals surface area contributed by atoms with Crippen LogP contribution >= 0.6 is 23.4 Å². The fourth-order valence-electron chi connectivity index (χ4n) is 4.22. The van der Waals surface area contributed by atoms with Crippen LogP contribution < -0.4 is 20.3 Å². The molecule has 4 rings (SSSR count). The molecule has 10 nitrogen and oxygen atoms in total. The maximum atomic E-state index is 12.9. The van der Waals surface area contributed by atoms with Crippen LogP contribution in [0, 0.1) is 0 Å². The Kier molecular flexibility index (Phi) is 9.58. The lowest BCUT2D eigenvalue weighted by Gasteiger charge is -2.34. The number of esters is 1. The predicted molar refractivity (Wildman–Crippen MR) is 151 cm³/mol. The molecule has 3 heterocycles. The summed E-state index contributed by atoms with van der Waals surface area (Å²) in [4.78, 5) is 46.5. The third-order valence-corrected chi connectivity index (χ3v) is 7.56. The number of nitrogens with zero attached hydrogens (tertiary/aromatic N) is 3. The van der Waals surface area contributed by atoms with Gasteiger partial charge in [0.1, 0.15) is 22.8 Å². The predicted octanol–water partition coefficient (Wildman–Crippen LogP) is 3.09. The van der Waals surface area contributed by atoms with E-state index < -0.39 is 29.1 Å². The molecule has 12 heteroatoms. The number of rotatable bonds is 7. The number of hydrogen-bond donors (Lipinski definition) is 2. The van der Waals surface area contributed by atoms with Crippen molar-refractivity contribution in [2.75, 3.05) is 43.4 Å². The number of hydrogen-bond acceptors (Lipinski definition) is 9. The first-order valence-corrected chi connectivity index (χ1v) is 14.3. The lowest BCUT2D eigenvalue weighted by molar-refractivity contribution is -0.158. The van der Waals surface area contributed by atoms with Gasteiger partial charge in [-0.3, -0.25) is 10.1 Å². The van der Waals surface area contributed by atoms with E-state index >= 15 is 0 Å². The number of nitrogens with one attached hydrogen (secondary N) is 2. The van der Waals surface area contributed by atoms with Crippen LogP contribution in [0.4, 0.5) is 10.6 Å². The smallest absolute Gasteiger partial charge is 0.415 e. The molecule has 2 N–H and O–H groups in total. The highest BCUT2D eigenvalue weighted by atomic mass is 35.5. The average Bonchev–Trinajstić information content (AvgIpc) is 3.45. The van der Waals surface area contributed by atoms with Gasteiger partial charge in [-0.15, -0.1) is 11.8 Å². The third kappa shape index (κ3) is 8.23. The van der Waals surface area contributed by atoms with Gasteiger partial charge >= 0.3 is 12.1 Å². The third-order valence-electron chi connectivity index (χ3n) is 6.11. The Hall–Kier alpha value is -3.02. The molecule has 2 fully saturated rings. The quantitative estimate of drug-likeness (QED) is 0.481. The van der Waals surface area contributed by atoms with Gasteiger partial charge in [-0.1, -0.05) is 23.7 Å². The molecule has 2 aliphatic heterocycles. The van der Waals surface area contributed by atoms with Crippen LogP contribution in [0.25, 0.3) is 0 Å². The Balaban J connectivity index is 1.36. The maximum absolute atomic E-state index is 12.9. The molecular formula is C27H34ClN5O5S. The van der Waals surface area contributed by atoms with Gasteiger partial charge in [0.25, 0.3) is 0 Å². The van der Waals surface area contributed by atoms with Gasteiger partial charge in [-0.2, -0.15) is 0 Å². The summed E-state index contributed by atoms with van der Waals surface area (Å²) >= 11 is 7.96. The number of amides is 2. The molecule has 210 valence electrons. The fraction of sp³-hybridized carbons (Fsp3) is 0.481. The molecule has 0 aliphatic carbocycles. The minimum absolute atomic E-state index is 0.168. The standard InChI is InChI=1S/C27H34ClN5O5S/c1-27(2,3)38-25(35)20(31-23(34)24-30-10-15-39-24)17-18-7-8-21(19(28)16-18)37-26(36)33-13-11-32(12-14-33)22-6-4-5-9-29-22/h4-9,16,20,24,30H,10-15,17H2,1-3H3,(H,31,34)/t20-,24-/m0/s1. The Bertz CT molecular complexity index is 1160. The average molecular weight is 576 g/mol. The van der Waals surface area contributed by atoms with Gasteiger partial charge in [0, 0.05) is 51.1 Å². The number of anilines is 1. The van der Waals surface area contributed by atoms with Crippen LogP contribution in [0.5, 0.6) is 5.75 Å². The molecule has 2 aromatic rings. The summed E-state index contributed by atoms with van der Waals surface area (Å²) in [6.07, 6.45) is 1.43. The minimum Gasteiger partial charge on any atom is -0.458 e. The number of aromatic nitrogens is 1. The molecule has 2 aliphatic rings. The first-order chi connectivity index (χ1) is 18.6. The van der Waals surface area contributed by atoms with E-state index in [-0.39, 0.29) is 23.1 Å². The van der Waals surface area contributed by atoms with E-state index in [4.69, 9.17) is 21.1 Å². The molecule has 0 spiro atoms. The number of carbonyl (C=O) groups is 3. The maximum Gasteiger partial charge on any atom is 0.415 e. The number of benzene rings is 1. The number of ether oxygens (including phenoxy) is 2. The van der Waals surface area contributed by atoms with Crippen LogP contribution in [-0.2, 0) is 20.7 Å². The Labute approximate surface area is 237 Å². The summed E-state index contributed by atoms with van der Waals surface area (Å²) in [5, 5.41) is 5.74. The monoisotopic (exact) mass is 575 g/mol. The highest BCUT2D eigenvalue weighted by Gasteiger charge is 2.31. The van der Waals surface area contributed by atoms with Crippen LogP contribution in [0.2, 0.25) is 5.02 Å². The van der Waals surface area contributed by atoms with E-state index in [9.17, 15) is 14.4 Å². The second kappa shape index (κ2) is 12.9. The van der Waals surface area contributed by atoms with Gasteiger partial charge in [0.15, 0.2) is 5.75 Å². The van der Waals surface area contributed by atoms with Crippen molar-refractivity contribution in [2.45, 2.75) is 44.2 Å². The molecule has 2 saturated heterocycles. The topological polar surface area (TPSA) is 113 Å². The van der Waals surface area contributed by atoms with Crippen molar-refractivity contribution in [3.05, 3.63) is 53.2 Å². The van der Waals surface area contributed by atoms with Crippen LogP contribution in [0.15, 0.2) is 42.6 Å². The fourth-order valence-corrected chi connectivity index (χ4v) is 5.38. The lowest BCUT2D eigenvalue weighted by atomic mass is 10.0. The van der Waals surface area contributed by atoms with E-state index in [1.807, 2.05) is 18.2 Å². The summed E-state index contributed by atoms with van der Waals surface area (Å²) in [5.74, 6) is 1.12. The lowest BCUT2D eigenvalue weighted by Crippen LogP contribution is -2.50. The first-order valence-electron chi connectivity index (χ1n) is 12.9. The van der Waals surface area contributed by atoms with Crippen molar-refractivity contribution in [3.63, 3.8) is 0 Å². The molecule has 39 heavy (non-hydrogen) atoms. The SMILES string of the molecule is CC(C)(C)OC(=O)[C@H](Cc1ccc(OC(=O)N2CCN(c3ccccn3)CC2)c(Cl)c1)NC(=O)[C@H]1NCCS1. The minimum atomic E-state index is -0.903. The summed E-state index contributed by atoms with van der Waals surface area (Å²) < 4.78 is 11.1. The zero-order valence-electron chi connectivity index (χ0n) is 22.3. The van der Waals surface area contributed by atoms with E-state index in [0.29, 0.717) is 31.7 Å². The van der Waals surface area contributed by atoms with E-state index in [0.717, 1.165) is 18.1 Å². The van der Waals surface area contributed by atoms with Crippen molar-refractivity contribution in [1.82, 2.24) is 20.5 Å². The molecule has 0 saturated carbocycles. The molecule has 0 radical (unpaired) electrons. The van der Waals surface area contributed by atoms with Crippen molar-refractivity contribution in [2.24, 2.45) is 0 Å². The van der Waals surface area contributed by atoms with E-state index in [1.165, 1.54) is 11.8 Å². The second-order valence-electron chi connectivity index (χ2n) is 10.3. The van der Waals surface area contributed by atoms with E-state index in [1.54, 1.807) is 50.1 Å². The molecule has 1 aromatic carbocycles. The highest BCUT2D eigenvalue weighted by molar-refractivity contribution is 8.00. The van der Waals surface area contributed by atoms with Crippen molar-refractivity contribution >= 4 is 47.2 Å². The number of piperazine rings is 1. The molecule has 2 amide bonds. The van der Waals surface area contributed by atoms with Crippen molar-refractivity contribution in [1.29, 1.82) is 0 Å². The molecule has 0 bridgehead atoms. The molecular weight excluding hydrogens is 542 g/mol. The Morgan fingerprint density at radius 3 is 2.56 bits per heavy atom. The van der Waals surface area contributed by atoms with Crippen LogP contribution in [0.1, 0.15) is 26.3 Å². The summed E-state index contributed by atoms with van der Waals surface area (Å²) in [5.41, 5.74) is -0.0221. The van der Waals surface area contributed by atoms with Crippen molar-refractivity contribution in [3.8, 4) is 5.75 Å². The molecule has 2 atom stereocenters. The normalized spacial score (nSPS) is 18.4. The van der Waals surface area contributed by atoms with Crippen LogP contribution in [0.3, 0.4) is 0 Å². The summed E-state index contributed by atoms with van der Waals surface area (Å²) in [6, 6.07) is 9.80. The van der Waals surface area contributed by atoms with Crippen molar-refractivity contribution < 1.29 is 23.9 Å².